The van der Waals surface area contributed by atoms with Gasteiger partial charge >= 0.3 is 6.18 Å². The first-order valence-electron chi connectivity index (χ1n) is 7.47. The SMILES string of the molecule is N#CC1(c2ccccc2)C=CC(C(F)(F)F)=CC1c1ccccc1. The smallest absolute Gasteiger partial charge is 0.197 e. The molecule has 0 heterocycles. The molecule has 0 amide bonds. The number of rotatable bonds is 2. The van der Waals surface area contributed by atoms with Crippen LogP contribution in [0.2, 0.25) is 0 Å². The molecule has 2 aromatic rings. The van der Waals surface area contributed by atoms with Crippen molar-refractivity contribution in [3.05, 3.63) is 95.6 Å². The first kappa shape index (κ1) is 16.1. The molecule has 0 saturated heterocycles. The Balaban J connectivity index is 2.21. The molecule has 2 unspecified atom stereocenters. The van der Waals surface area contributed by atoms with Crippen molar-refractivity contribution in [2.45, 2.75) is 17.5 Å². The van der Waals surface area contributed by atoms with Gasteiger partial charge in [0.25, 0.3) is 0 Å². The van der Waals surface area contributed by atoms with Gasteiger partial charge in [-0.3, -0.25) is 0 Å². The molecule has 1 aliphatic rings. The summed E-state index contributed by atoms with van der Waals surface area (Å²) in [6, 6.07) is 20.0. The largest absolute Gasteiger partial charge is 0.416 e. The summed E-state index contributed by atoms with van der Waals surface area (Å²) >= 11 is 0. The van der Waals surface area contributed by atoms with Crippen LogP contribution in [0.3, 0.4) is 0 Å². The fourth-order valence-corrected chi connectivity index (χ4v) is 3.06. The van der Waals surface area contributed by atoms with Crippen molar-refractivity contribution >= 4 is 0 Å². The van der Waals surface area contributed by atoms with Crippen LogP contribution in [-0.4, -0.2) is 6.18 Å². The van der Waals surface area contributed by atoms with Crippen molar-refractivity contribution in [1.29, 1.82) is 5.26 Å². The molecule has 4 heteroatoms. The van der Waals surface area contributed by atoms with Crippen LogP contribution in [0.1, 0.15) is 17.0 Å². The van der Waals surface area contributed by atoms with E-state index in [0.717, 1.165) is 12.2 Å². The van der Waals surface area contributed by atoms with Crippen LogP contribution in [0, 0.1) is 11.3 Å². The molecule has 0 saturated carbocycles. The fraction of sp³-hybridized carbons (Fsp3) is 0.150. The monoisotopic (exact) mass is 325 g/mol. The van der Waals surface area contributed by atoms with Gasteiger partial charge in [0.1, 0.15) is 5.41 Å². The van der Waals surface area contributed by atoms with E-state index in [4.69, 9.17) is 0 Å². The maximum atomic E-state index is 13.2. The summed E-state index contributed by atoms with van der Waals surface area (Å²) in [4.78, 5) is 0. The van der Waals surface area contributed by atoms with Crippen LogP contribution in [-0.2, 0) is 5.41 Å². The molecular formula is C20H14F3N. The van der Waals surface area contributed by atoms with Gasteiger partial charge in [0.15, 0.2) is 0 Å². The molecule has 2 aromatic carbocycles. The average molecular weight is 325 g/mol. The zero-order chi connectivity index (χ0) is 17.2. The Morgan fingerprint density at radius 2 is 1.50 bits per heavy atom. The van der Waals surface area contributed by atoms with Gasteiger partial charge in [0, 0.05) is 5.92 Å². The van der Waals surface area contributed by atoms with E-state index < -0.39 is 23.1 Å². The third-order valence-electron chi connectivity index (χ3n) is 4.29. The summed E-state index contributed by atoms with van der Waals surface area (Å²) < 4.78 is 39.6. The Bertz CT molecular complexity index is 813. The summed E-state index contributed by atoms with van der Waals surface area (Å²) in [6.45, 7) is 0. The van der Waals surface area contributed by atoms with Crippen molar-refractivity contribution in [1.82, 2.24) is 0 Å². The summed E-state index contributed by atoms with van der Waals surface area (Å²) in [5.74, 6) is -0.715. The first-order chi connectivity index (χ1) is 11.5. The molecule has 24 heavy (non-hydrogen) atoms. The van der Waals surface area contributed by atoms with Crippen molar-refractivity contribution < 1.29 is 13.2 Å². The quantitative estimate of drug-likeness (QED) is 0.736. The molecule has 120 valence electrons. The van der Waals surface area contributed by atoms with Crippen molar-refractivity contribution in [3.8, 4) is 6.07 Å². The Morgan fingerprint density at radius 1 is 0.917 bits per heavy atom. The van der Waals surface area contributed by atoms with Gasteiger partial charge < -0.3 is 0 Å². The van der Waals surface area contributed by atoms with Gasteiger partial charge in [0.05, 0.1) is 11.6 Å². The highest BCUT2D eigenvalue weighted by Gasteiger charge is 2.44. The summed E-state index contributed by atoms with van der Waals surface area (Å²) in [6.07, 6.45) is -0.897. The molecule has 0 aromatic heterocycles. The highest BCUT2D eigenvalue weighted by molar-refractivity contribution is 5.52. The van der Waals surface area contributed by atoms with E-state index in [1.54, 1.807) is 54.6 Å². The standard InChI is InChI=1S/C20H14F3N/c21-20(22,23)17-11-12-19(14-24,16-9-5-2-6-10-16)18(13-17)15-7-3-1-4-8-15/h1-13,18H. The minimum Gasteiger partial charge on any atom is -0.197 e. The van der Waals surface area contributed by atoms with Crippen LogP contribution in [0.25, 0.3) is 0 Å². The van der Waals surface area contributed by atoms with Gasteiger partial charge in [-0.2, -0.15) is 18.4 Å². The predicted octanol–water partition coefficient (Wildman–Crippen LogP) is 5.29. The van der Waals surface area contributed by atoms with Gasteiger partial charge in [-0.15, -0.1) is 0 Å². The maximum absolute atomic E-state index is 13.2. The zero-order valence-corrected chi connectivity index (χ0v) is 12.7. The normalized spacial score (nSPS) is 23.4. The second-order valence-corrected chi connectivity index (χ2v) is 5.69. The molecule has 1 nitrogen and oxygen atoms in total. The third kappa shape index (κ3) is 2.74. The fourth-order valence-electron chi connectivity index (χ4n) is 3.06. The van der Waals surface area contributed by atoms with Crippen molar-refractivity contribution in [2.75, 3.05) is 0 Å². The van der Waals surface area contributed by atoms with Crippen molar-refractivity contribution in [3.63, 3.8) is 0 Å². The summed E-state index contributed by atoms with van der Waals surface area (Å²) in [5, 5.41) is 9.90. The minimum absolute atomic E-state index is 0.675. The molecule has 0 radical (unpaired) electrons. The highest BCUT2D eigenvalue weighted by Crippen LogP contribution is 2.46. The molecule has 0 aliphatic heterocycles. The van der Waals surface area contributed by atoms with Crippen LogP contribution in [0.4, 0.5) is 13.2 Å². The molecule has 3 rings (SSSR count). The summed E-state index contributed by atoms with van der Waals surface area (Å²) in [5.41, 5.74) is -0.542. The number of halogens is 3. The minimum atomic E-state index is -4.44. The predicted molar refractivity (Wildman–Crippen MR) is 86.2 cm³/mol. The number of allylic oxidation sites excluding steroid dienone is 4. The van der Waals surface area contributed by atoms with E-state index >= 15 is 0 Å². The first-order valence-corrected chi connectivity index (χ1v) is 7.47. The number of hydrogen-bond acceptors (Lipinski definition) is 1. The van der Waals surface area contributed by atoms with E-state index in [-0.39, 0.29) is 0 Å². The summed E-state index contributed by atoms with van der Waals surface area (Å²) in [7, 11) is 0. The lowest BCUT2D eigenvalue weighted by atomic mass is 9.65. The van der Waals surface area contributed by atoms with E-state index in [1.807, 2.05) is 6.07 Å². The van der Waals surface area contributed by atoms with Gasteiger partial charge in [-0.25, -0.2) is 0 Å². The lowest BCUT2D eigenvalue weighted by Gasteiger charge is -2.35. The maximum Gasteiger partial charge on any atom is 0.416 e. The van der Waals surface area contributed by atoms with Gasteiger partial charge in [-0.05, 0) is 11.1 Å². The van der Waals surface area contributed by atoms with Crippen LogP contribution < -0.4 is 0 Å². The third-order valence-corrected chi connectivity index (χ3v) is 4.29. The zero-order valence-electron chi connectivity index (χ0n) is 12.7. The Hall–Kier alpha value is -2.80. The number of benzene rings is 2. The lowest BCUT2D eigenvalue weighted by Crippen LogP contribution is -2.32. The number of nitrogens with zero attached hydrogens (tertiary/aromatic N) is 1. The van der Waals surface area contributed by atoms with Crippen molar-refractivity contribution in [2.24, 2.45) is 0 Å². The second-order valence-electron chi connectivity index (χ2n) is 5.69. The molecule has 1 aliphatic carbocycles. The molecule has 2 atom stereocenters. The highest BCUT2D eigenvalue weighted by atomic mass is 19.4. The topological polar surface area (TPSA) is 23.8 Å². The molecular weight excluding hydrogens is 311 g/mol. The average Bonchev–Trinajstić information content (AvgIpc) is 2.62. The molecule has 0 N–H and O–H groups in total. The van der Waals surface area contributed by atoms with Crippen LogP contribution in [0.15, 0.2) is 84.5 Å². The van der Waals surface area contributed by atoms with E-state index in [2.05, 4.69) is 6.07 Å². The van der Waals surface area contributed by atoms with Gasteiger partial charge in [0.2, 0.25) is 0 Å². The van der Waals surface area contributed by atoms with E-state index in [9.17, 15) is 18.4 Å². The number of nitriles is 1. The van der Waals surface area contributed by atoms with Crippen LogP contribution >= 0.6 is 0 Å². The second kappa shape index (κ2) is 6.01. The Labute approximate surface area is 138 Å². The number of alkyl halides is 3. The van der Waals surface area contributed by atoms with Crippen LogP contribution in [0.5, 0.6) is 0 Å². The molecule has 0 bridgehead atoms. The van der Waals surface area contributed by atoms with Gasteiger partial charge in [-0.1, -0.05) is 78.9 Å². The Morgan fingerprint density at radius 3 is 2.04 bits per heavy atom. The van der Waals surface area contributed by atoms with E-state index in [1.165, 1.54) is 6.08 Å². The number of hydrogen-bond donors (Lipinski definition) is 0. The molecule has 0 spiro atoms. The van der Waals surface area contributed by atoms with E-state index in [0.29, 0.717) is 11.1 Å². The Kier molecular flexibility index (Phi) is 4.02. The molecule has 0 fully saturated rings. The lowest BCUT2D eigenvalue weighted by molar-refractivity contribution is -0.0888.